The third kappa shape index (κ3) is 2.17. The van der Waals surface area contributed by atoms with Gasteiger partial charge in [-0.05, 0) is 12.1 Å². The van der Waals surface area contributed by atoms with E-state index in [1.54, 1.807) is 39.9 Å². The molecule has 0 aliphatic rings. The Hall–Kier alpha value is -2.70. The van der Waals surface area contributed by atoms with Gasteiger partial charge in [0.05, 0.1) is 12.2 Å². The normalized spacial score (nSPS) is 10.8. The molecule has 96 valence electrons. The van der Waals surface area contributed by atoms with E-state index in [1.807, 2.05) is 13.1 Å². The van der Waals surface area contributed by atoms with Gasteiger partial charge in [-0.25, -0.2) is 9.50 Å². The number of aryl methyl sites for hydroxylation is 1. The van der Waals surface area contributed by atoms with Gasteiger partial charge < -0.3 is 5.32 Å². The lowest BCUT2D eigenvalue weighted by Gasteiger charge is -2.03. The average molecular weight is 256 g/mol. The van der Waals surface area contributed by atoms with Gasteiger partial charge in [0.1, 0.15) is 0 Å². The quantitative estimate of drug-likeness (QED) is 0.735. The summed E-state index contributed by atoms with van der Waals surface area (Å²) >= 11 is 0. The van der Waals surface area contributed by atoms with Gasteiger partial charge in [-0.1, -0.05) is 0 Å². The number of amides is 1. The molecule has 0 radical (unpaired) electrons. The largest absolute Gasteiger partial charge is 0.345 e. The van der Waals surface area contributed by atoms with Crippen molar-refractivity contribution in [2.24, 2.45) is 7.05 Å². The van der Waals surface area contributed by atoms with Crippen LogP contribution < -0.4 is 5.32 Å². The van der Waals surface area contributed by atoms with E-state index in [9.17, 15) is 4.79 Å². The SMILES string of the molecule is Cn1nccc1CNC(=O)c1cc2ncccn2n1. The minimum Gasteiger partial charge on any atom is -0.345 e. The Labute approximate surface area is 108 Å². The second-order valence-corrected chi connectivity index (χ2v) is 4.08. The lowest BCUT2D eigenvalue weighted by atomic mass is 10.3. The van der Waals surface area contributed by atoms with E-state index in [0.29, 0.717) is 17.9 Å². The molecule has 0 aliphatic carbocycles. The zero-order chi connectivity index (χ0) is 13.2. The molecule has 19 heavy (non-hydrogen) atoms. The highest BCUT2D eigenvalue weighted by atomic mass is 16.1. The van der Waals surface area contributed by atoms with E-state index in [0.717, 1.165) is 5.69 Å². The number of fused-ring (bicyclic) bond motifs is 1. The highest BCUT2D eigenvalue weighted by Gasteiger charge is 2.11. The Morgan fingerprint density at radius 2 is 2.32 bits per heavy atom. The van der Waals surface area contributed by atoms with Crippen LogP contribution in [0, 0.1) is 0 Å². The summed E-state index contributed by atoms with van der Waals surface area (Å²) in [5.74, 6) is -0.230. The van der Waals surface area contributed by atoms with Crippen LogP contribution in [-0.4, -0.2) is 30.3 Å². The van der Waals surface area contributed by atoms with E-state index >= 15 is 0 Å². The smallest absolute Gasteiger partial charge is 0.272 e. The number of hydrogen-bond donors (Lipinski definition) is 1. The molecule has 1 amide bonds. The van der Waals surface area contributed by atoms with Gasteiger partial charge in [0.2, 0.25) is 0 Å². The first-order valence-electron chi connectivity index (χ1n) is 5.79. The summed E-state index contributed by atoms with van der Waals surface area (Å²) in [6.07, 6.45) is 5.10. The zero-order valence-corrected chi connectivity index (χ0v) is 10.3. The molecule has 0 atom stereocenters. The van der Waals surface area contributed by atoms with Gasteiger partial charge in [-0.3, -0.25) is 9.48 Å². The molecule has 3 aromatic rings. The predicted molar refractivity (Wildman–Crippen MR) is 67.4 cm³/mol. The third-order valence-corrected chi connectivity index (χ3v) is 2.82. The summed E-state index contributed by atoms with van der Waals surface area (Å²) in [6, 6.07) is 5.27. The van der Waals surface area contributed by atoms with Crippen LogP contribution in [0.25, 0.3) is 5.65 Å². The van der Waals surface area contributed by atoms with E-state index < -0.39 is 0 Å². The molecule has 7 heteroatoms. The topological polar surface area (TPSA) is 77.1 Å². The standard InChI is InChI=1S/C12H12N6O/c1-17-9(3-5-15-17)8-14-12(19)10-7-11-13-4-2-6-18(11)16-10/h2-7H,8H2,1H3,(H,14,19). The van der Waals surface area contributed by atoms with E-state index in [1.165, 1.54) is 0 Å². The van der Waals surface area contributed by atoms with Crippen LogP contribution in [-0.2, 0) is 13.6 Å². The number of hydrogen-bond acceptors (Lipinski definition) is 4. The third-order valence-electron chi connectivity index (χ3n) is 2.82. The first kappa shape index (κ1) is 11.4. The summed E-state index contributed by atoms with van der Waals surface area (Å²) in [5.41, 5.74) is 1.92. The van der Waals surface area contributed by atoms with Crippen LogP contribution in [0.3, 0.4) is 0 Å². The van der Waals surface area contributed by atoms with Crippen LogP contribution in [0.2, 0.25) is 0 Å². The minimum absolute atomic E-state index is 0.230. The zero-order valence-electron chi connectivity index (χ0n) is 10.3. The van der Waals surface area contributed by atoms with Crippen LogP contribution >= 0.6 is 0 Å². The second-order valence-electron chi connectivity index (χ2n) is 4.08. The Kier molecular flexibility index (Phi) is 2.71. The highest BCUT2D eigenvalue weighted by Crippen LogP contribution is 2.03. The summed E-state index contributed by atoms with van der Waals surface area (Å²) in [4.78, 5) is 16.1. The maximum absolute atomic E-state index is 12.0. The fraction of sp³-hybridized carbons (Fsp3) is 0.167. The monoisotopic (exact) mass is 256 g/mol. The average Bonchev–Trinajstić information content (AvgIpc) is 3.01. The molecule has 0 bridgehead atoms. The lowest BCUT2D eigenvalue weighted by molar-refractivity contribution is 0.0944. The van der Waals surface area contributed by atoms with Crippen LogP contribution in [0.1, 0.15) is 16.2 Å². The first-order chi connectivity index (χ1) is 9.24. The van der Waals surface area contributed by atoms with Crippen molar-refractivity contribution in [2.45, 2.75) is 6.54 Å². The van der Waals surface area contributed by atoms with Gasteiger partial charge in [0, 0.05) is 31.7 Å². The summed E-state index contributed by atoms with van der Waals surface area (Å²) in [7, 11) is 1.83. The molecule has 0 spiro atoms. The van der Waals surface area contributed by atoms with Crippen molar-refractivity contribution in [1.29, 1.82) is 0 Å². The number of carbonyl (C=O) groups excluding carboxylic acids is 1. The van der Waals surface area contributed by atoms with Crippen molar-refractivity contribution in [3.8, 4) is 0 Å². The van der Waals surface area contributed by atoms with Crippen molar-refractivity contribution in [2.75, 3.05) is 0 Å². The van der Waals surface area contributed by atoms with Crippen LogP contribution in [0.15, 0.2) is 36.8 Å². The molecule has 7 nitrogen and oxygen atoms in total. The Bertz CT molecular complexity index is 695. The molecule has 3 rings (SSSR count). The van der Waals surface area contributed by atoms with Crippen LogP contribution in [0.5, 0.6) is 0 Å². The summed E-state index contributed by atoms with van der Waals surface area (Å²) in [5, 5.41) is 11.0. The fourth-order valence-corrected chi connectivity index (χ4v) is 1.78. The molecule has 3 aromatic heterocycles. The van der Waals surface area contributed by atoms with Crippen molar-refractivity contribution in [3.63, 3.8) is 0 Å². The maximum Gasteiger partial charge on any atom is 0.272 e. The Morgan fingerprint density at radius 3 is 3.05 bits per heavy atom. The molecule has 3 heterocycles. The molecular weight excluding hydrogens is 244 g/mol. The molecule has 0 aliphatic heterocycles. The number of carbonyl (C=O) groups is 1. The van der Waals surface area contributed by atoms with Crippen molar-refractivity contribution in [1.82, 2.24) is 29.7 Å². The van der Waals surface area contributed by atoms with Crippen molar-refractivity contribution < 1.29 is 4.79 Å². The Balaban J connectivity index is 1.75. The predicted octanol–water partition coefficient (Wildman–Crippen LogP) is 0.393. The molecule has 0 aromatic carbocycles. The van der Waals surface area contributed by atoms with E-state index in [4.69, 9.17) is 0 Å². The van der Waals surface area contributed by atoms with Gasteiger partial charge in [0.25, 0.3) is 5.91 Å². The van der Waals surface area contributed by atoms with Gasteiger partial charge >= 0.3 is 0 Å². The van der Waals surface area contributed by atoms with Gasteiger partial charge in [-0.2, -0.15) is 10.2 Å². The number of rotatable bonds is 3. The molecule has 0 fully saturated rings. The molecule has 0 unspecified atom stereocenters. The molecular formula is C12H12N6O. The lowest BCUT2D eigenvalue weighted by Crippen LogP contribution is -2.24. The molecule has 0 saturated carbocycles. The van der Waals surface area contributed by atoms with Crippen LogP contribution in [0.4, 0.5) is 0 Å². The van der Waals surface area contributed by atoms with E-state index in [2.05, 4.69) is 20.5 Å². The maximum atomic E-state index is 12.0. The minimum atomic E-state index is -0.230. The summed E-state index contributed by atoms with van der Waals surface area (Å²) in [6.45, 7) is 0.413. The highest BCUT2D eigenvalue weighted by molar-refractivity contribution is 5.93. The second kappa shape index (κ2) is 4.52. The fourth-order valence-electron chi connectivity index (χ4n) is 1.78. The first-order valence-corrected chi connectivity index (χ1v) is 5.79. The Morgan fingerprint density at radius 1 is 1.42 bits per heavy atom. The molecule has 0 saturated heterocycles. The summed E-state index contributed by atoms with van der Waals surface area (Å²) < 4.78 is 3.28. The van der Waals surface area contributed by atoms with E-state index in [-0.39, 0.29) is 5.91 Å². The van der Waals surface area contributed by atoms with Crippen molar-refractivity contribution >= 4 is 11.6 Å². The van der Waals surface area contributed by atoms with Crippen molar-refractivity contribution in [3.05, 3.63) is 48.2 Å². The number of nitrogens with one attached hydrogen (secondary N) is 1. The van der Waals surface area contributed by atoms with Gasteiger partial charge in [-0.15, -0.1) is 0 Å². The number of aromatic nitrogens is 5. The number of nitrogens with zero attached hydrogens (tertiary/aromatic N) is 5. The van der Waals surface area contributed by atoms with Gasteiger partial charge in [0.15, 0.2) is 11.3 Å². The molecule has 1 N–H and O–H groups in total.